The zero-order valence-corrected chi connectivity index (χ0v) is 11.2. The number of nitrogens with zero attached hydrogens (tertiary/aromatic N) is 3. The van der Waals surface area contributed by atoms with Gasteiger partial charge in [-0.3, -0.25) is 9.48 Å². The second-order valence-electron chi connectivity index (χ2n) is 4.37. The number of amides is 1. The third-order valence-electron chi connectivity index (χ3n) is 3.10. The lowest BCUT2D eigenvalue weighted by atomic mass is 10.2. The highest BCUT2D eigenvalue weighted by molar-refractivity contribution is 5.98. The summed E-state index contributed by atoms with van der Waals surface area (Å²) in [5.74, 6) is 0.313. The Balaban J connectivity index is 2.18. The van der Waals surface area contributed by atoms with Gasteiger partial charge < -0.3 is 10.6 Å². The molecular weight excluding hydrogens is 240 g/mol. The molecule has 0 bridgehead atoms. The molecule has 0 aliphatic rings. The number of hydrogen-bond acceptors (Lipinski definition) is 3. The van der Waals surface area contributed by atoms with E-state index >= 15 is 0 Å². The molecule has 100 valence electrons. The summed E-state index contributed by atoms with van der Waals surface area (Å²) in [4.78, 5) is 14.2. The summed E-state index contributed by atoms with van der Waals surface area (Å²) >= 11 is 0. The standard InChI is InChI=1S/C14H18N4O/c1-3-18(10-11-7-5-4-6-8-11)14(19)12-9-16-17(2)13(12)15/h4-9H,3,10,15H2,1-2H3. The van der Waals surface area contributed by atoms with E-state index in [1.165, 1.54) is 10.9 Å². The fraction of sp³-hybridized carbons (Fsp3) is 0.286. The number of nitrogens with two attached hydrogens (primary N) is 1. The Kier molecular flexibility index (Phi) is 3.85. The largest absolute Gasteiger partial charge is 0.383 e. The van der Waals surface area contributed by atoms with E-state index in [0.29, 0.717) is 24.5 Å². The van der Waals surface area contributed by atoms with E-state index in [-0.39, 0.29) is 5.91 Å². The van der Waals surface area contributed by atoms with E-state index in [2.05, 4.69) is 5.10 Å². The average molecular weight is 258 g/mol. The van der Waals surface area contributed by atoms with Gasteiger partial charge in [0.2, 0.25) is 0 Å². The molecule has 2 rings (SSSR count). The second kappa shape index (κ2) is 5.56. The predicted molar refractivity (Wildman–Crippen MR) is 74.5 cm³/mol. The van der Waals surface area contributed by atoms with Crippen molar-refractivity contribution < 1.29 is 4.79 Å². The maximum atomic E-state index is 12.4. The monoisotopic (exact) mass is 258 g/mol. The van der Waals surface area contributed by atoms with Gasteiger partial charge in [0.05, 0.1) is 6.20 Å². The molecule has 0 aliphatic heterocycles. The zero-order valence-electron chi connectivity index (χ0n) is 11.2. The van der Waals surface area contributed by atoms with Gasteiger partial charge in [-0.05, 0) is 12.5 Å². The first-order valence-electron chi connectivity index (χ1n) is 6.24. The molecule has 2 aromatic rings. The zero-order chi connectivity index (χ0) is 13.8. The van der Waals surface area contributed by atoms with E-state index in [4.69, 9.17) is 5.73 Å². The third kappa shape index (κ3) is 2.76. The molecule has 0 radical (unpaired) electrons. The summed E-state index contributed by atoms with van der Waals surface area (Å²) < 4.78 is 1.50. The van der Waals surface area contributed by atoms with Crippen molar-refractivity contribution in [3.05, 3.63) is 47.7 Å². The Bertz CT molecular complexity index is 562. The average Bonchev–Trinajstić information content (AvgIpc) is 2.77. The van der Waals surface area contributed by atoms with Crippen molar-refractivity contribution in [1.29, 1.82) is 0 Å². The van der Waals surface area contributed by atoms with Crippen LogP contribution >= 0.6 is 0 Å². The van der Waals surface area contributed by atoms with Crippen LogP contribution in [0.2, 0.25) is 0 Å². The fourth-order valence-electron chi connectivity index (χ4n) is 1.91. The van der Waals surface area contributed by atoms with Gasteiger partial charge in [0.15, 0.2) is 0 Å². The molecule has 5 nitrogen and oxygen atoms in total. The van der Waals surface area contributed by atoms with E-state index in [1.54, 1.807) is 11.9 Å². The molecule has 1 aromatic heterocycles. The minimum Gasteiger partial charge on any atom is -0.383 e. The Labute approximate surface area is 112 Å². The molecular formula is C14H18N4O. The predicted octanol–water partition coefficient (Wildman–Crippen LogP) is 1.66. The number of aryl methyl sites for hydroxylation is 1. The Morgan fingerprint density at radius 2 is 2.05 bits per heavy atom. The van der Waals surface area contributed by atoms with Crippen LogP contribution in [-0.4, -0.2) is 27.1 Å². The second-order valence-corrected chi connectivity index (χ2v) is 4.37. The smallest absolute Gasteiger partial charge is 0.259 e. The van der Waals surface area contributed by atoms with Gasteiger partial charge in [-0.15, -0.1) is 0 Å². The van der Waals surface area contributed by atoms with Crippen LogP contribution in [0.3, 0.4) is 0 Å². The maximum Gasteiger partial charge on any atom is 0.259 e. The molecule has 19 heavy (non-hydrogen) atoms. The molecule has 5 heteroatoms. The van der Waals surface area contributed by atoms with Crippen molar-refractivity contribution in [1.82, 2.24) is 14.7 Å². The quantitative estimate of drug-likeness (QED) is 0.907. The molecule has 1 amide bonds. The van der Waals surface area contributed by atoms with E-state index in [1.807, 2.05) is 37.3 Å². The molecule has 0 saturated carbocycles. The van der Waals surface area contributed by atoms with Crippen LogP contribution in [0.5, 0.6) is 0 Å². The highest BCUT2D eigenvalue weighted by Crippen LogP contribution is 2.14. The third-order valence-corrected chi connectivity index (χ3v) is 3.10. The number of nitrogen functional groups attached to an aromatic ring is 1. The summed E-state index contributed by atoms with van der Waals surface area (Å²) in [5, 5.41) is 4.01. The van der Waals surface area contributed by atoms with Crippen LogP contribution in [0.4, 0.5) is 5.82 Å². The molecule has 0 aliphatic carbocycles. The molecule has 0 fully saturated rings. The molecule has 0 unspecified atom stereocenters. The molecule has 0 atom stereocenters. The Hall–Kier alpha value is -2.30. The normalized spacial score (nSPS) is 10.4. The van der Waals surface area contributed by atoms with Gasteiger partial charge in [0.1, 0.15) is 11.4 Å². The highest BCUT2D eigenvalue weighted by Gasteiger charge is 2.19. The molecule has 2 N–H and O–H groups in total. The summed E-state index contributed by atoms with van der Waals surface area (Å²) in [5.41, 5.74) is 7.40. The van der Waals surface area contributed by atoms with Crippen LogP contribution in [-0.2, 0) is 13.6 Å². The number of carbonyl (C=O) groups is 1. The van der Waals surface area contributed by atoms with E-state index in [9.17, 15) is 4.79 Å². The molecule has 1 heterocycles. The maximum absolute atomic E-state index is 12.4. The Morgan fingerprint density at radius 1 is 1.37 bits per heavy atom. The molecule has 0 saturated heterocycles. The Morgan fingerprint density at radius 3 is 2.58 bits per heavy atom. The summed E-state index contributed by atoms with van der Waals surface area (Å²) in [6, 6.07) is 9.89. The molecule has 0 spiro atoms. The van der Waals surface area contributed by atoms with E-state index < -0.39 is 0 Å². The van der Waals surface area contributed by atoms with Crippen molar-refractivity contribution in [2.24, 2.45) is 7.05 Å². The first kappa shape index (κ1) is 13.1. The van der Waals surface area contributed by atoms with Crippen LogP contribution < -0.4 is 5.73 Å². The highest BCUT2D eigenvalue weighted by atomic mass is 16.2. The van der Waals surface area contributed by atoms with Crippen LogP contribution in [0.25, 0.3) is 0 Å². The minimum atomic E-state index is -0.0862. The molecule has 1 aromatic carbocycles. The first-order chi connectivity index (χ1) is 9.13. The lowest BCUT2D eigenvalue weighted by Gasteiger charge is -2.20. The minimum absolute atomic E-state index is 0.0862. The summed E-state index contributed by atoms with van der Waals surface area (Å²) in [7, 11) is 1.72. The number of carbonyl (C=O) groups excluding carboxylic acids is 1. The van der Waals surface area contributed by atoms with Gasteiger partial charge in [0.25, 0.3) is 5.91 Å². The van der Waals surface area contributed by atoms with Crippen LogP contribution in [0, 0.1) is 0 Å². The van der Waals surface area contributed by atoms with Gasteiger partial charge in [-0.1, -0.05) is 30.3 Å². The lowest BCUT2D eigenvalue weighted by Crippen LogP contribution is -2.30. The number of aromatic nitrogens is 2. The summed E-state index contributed by atoms with van der Waals surface area (Å²) in [6.07, 6.45) is 1.52. The first-order valence-corrected chi connectivity index (χ1v) is 6.24. The van der Waals surface area contributed by atoms with Crippen molar-refractivity contribution in [2.45, 2.75) is 13.5 Å². The summed E-state index contributed by atoms with van der Waals surface area (Å²) in [6.45, 7) is 3.15. The van der Waals surface area contributed by atoms with Crippen LogP contribution in [0.1, 0.15) is 22.8 Å². The number of rotatable bonds is 4. The van der Waals surface area contributed by atoms with Crippen molar-refractivity contribution in [2.75, 3.05) is 12.3 Å². The van der Waals surface area contributed by atoms with Gasteiger partial charge in [0, 0.05) is 20.1 Å². The van der Waals surface area contributed by atoms with Gasteiger partial charge in [-0.2, -0.15) is 5.10 Å². The number of anilines is 1. The topological polar surface area (TPSA) is 64.2 Å². The number of benzene rings is 1. The van der Waals surface area contributed by atoms with Crippen molar-refractivity contribution in [3.63, 3.8) is 0 Å². The van der Waals surface area contributed by atoms with Crippen molar-refractivity contribution >= 4 is 11.7 Å². The SMILES string of the molecule is CCN(Cc1ccccc1)C(=O)c1cnn(C)c1N. The van der Waals surface area contributed by atoms with Gasteiger partial charge >= 0.3 is 0 Å². The van der Waals surface area contributed by atoms with Crippen molar-refractivity contribution in [3.8, 4) is 0 Å². The number of hydrogen-bond donors (Lipinski definition) is 1. The van der Waals surface area contributed by atoms with E-state index in [0.717, 1.165) is 5.56 Å². The van der Waals surface area contributed by atoms with Crippen LogP contribution in [0.15, 0.2) is 36.5 Å². The lowest BCUT2D eigenvalue weighted by molar-refractivity contribution is 0.0753. The fourth-order valence-corrected chi connectivity index (χ4v) is 1.91. The van der Waals surface area contributed by atoms with Gasteiger partial charge in [-0.25, -0.2) is 0 Å².